The summed E-state index contributed by atoms with van der Waals surface area (Å²) >= 11 is 0.688. The van der Waals surface area contributed by atoms with Crippen molar-refractivity contribution >= 4 is 15.0 Å². The molecule has 2 rings (SSSR count). The first kappa shape index (κ1) is 10.2. The molecule has 1 aliphatic heterocycles. The summed E-state index contributed by atoms with van der Waals surface area (Å²) in [7, 11) is 0. The Morgan fingerprint density at radius 2 is 2.00 bits per heavy atom. The van der Waals surface area contributed by atoms with Crippen LogP contribution in [0.2, 0.25) is 5.32 Å². The molecule has 0 amide bonds. The second kappa shape index (κ2) is 4.97. The van der Waals surface area contributed by atoms with Crippen molar-refractivity contribution in [2.24, 2.45) is 5.92 Å². The van der Waals surface area contributed by atoms with Gasteiger partial charge in [0.15, 0.2) is 0 Å². The third-order valence-corrected chi connectivity index (χ3v) is 6.10. The van der Waals surface area contributed by atoms with E-state index in [0.717, 1.165) is 4.82 Å². The zero-order chi connectivity index (χ0) is 9.80. The summed E-state index contributed by atoms with van der Waals surface area (Å²) in [6, 6.07) is 10.8. The Labute approximate surface area is 91.7 Å². The maximum atomic E-state index is 9.06. The van der Waals surface area contributed by atoms with Crippen LogP contribution in [0.4, 0.5) is 0 Å². The molecule has 0 spiro atoms. The molecule has 1 fully saturated rings. The Hall–Kier alpha value is -0.301. The number of hydrogen-bond acceptors (Lipinski definition) is 1. The zero-order valence-electron chi connectivity index (χ0n) is 8.23. The van der Waals surface area contributed by atoms with Gasteiger partial charge in [0.25, 0.3) is 0 Å². The Kier molecular flexibility index (Phi) is 3.63. The van der Waals surface area contributed by atoms with E-state index in [2.05, 4.69) is 30.3 Å². The Balaban J connectivity index is 1.96. The molecule has 0 aromatic heterocycles. The molecule has 1 nitrogen and oxygen atoms in total. The van der Waals surface area contributed by atoms with E-state index in [1.54, 1.807) is 0 Å². The molecular formula is C12H16OSe. The van der Waals surface area contributed by atoms with Gasteiger partial charge >= 0.3 is 91.5 Å². The Morgan fingerprint density at radius 1 is 1.21 bits per heavy atom. The zero-order valence-corrected chi connectivity index (χ0v) is 9.94. The quantitative estimate of drug-likeness (QED) is 0.804. The van der Waals surface area contributed by atoms with Crippen LogP contribution in [0, 0.1) is 5.92 Å². The van der Waals surface area contributed by atoms with Crippen LogP contribution in [0.15, 0.2) is 30.3 Å². The molecule has 1 N–H and O–H groups in total. The SMILES string of the molecule is OC[C@H]1CC[C@H](c2ccccc2)[Se]C1. The van der Waals surface area contributed by atoms with Gasteiger partial charge in [-0.2, -0.15) is 0 Å². The van der Waals surface area contributed by atoms with Crippen LogP contribution in [0.3, 0.4) is 0 Å². The van der Waals surface area contributed by atoms with Crippen LogP contribution < -0.4 is 0 Å². The topological polar surface area (TPSA) is 20.2 Å². The first-order chi connectivity index (χ1) is 6.90. The van der Waals surface area contributed by atoms with Crippen LogP contribution in [-0.2, 0) is 0 Å². The van der Waals surface area contributed by atoms with Gasteiger partial charge in [-0.15, -0.1) is 0 Å². The summed E-state index contributed by atoms with van der Waals surface area (Å²) in [5, 5.41) is 10.3. The fourth-order valence-electron chi connectivity index (χ4n) is 1.88. The van der Waals surface area contributed by atoms with Crippen molar-refractivity contribution in [2.75, 3.05) is 6.61 Å². The summed E-state index contributed by atoms with van der Waals surface area (Å²) < 4.78 is 0. The minimum atomic E-state index is 0.392. The summed E-state index contributed by atoms with van der Waals surface area (Å²) in [6.45, 7) is 0.392. The Bertz CT molecular complexity index is 265. The van der Waals surface area contributed by atoms with Gasteiger partial charge < -0.3 is 0 Å². The van der Waals surface area contributed by atoms with Gasteiger partial charge in [-0.25, -0.2) is 0 Å². The Morgan fingerprint density at radius 3 is 2.57 bits per heavy atom. The second-order valence-electron chi connectivity index (χ2n) is 3.86. The van der Waals surface area contributed by atoms with Gasteiger partial charge in [-0.3, -0.25) is 0 Å². The molecule has 0 bridgehead atoms. The molecule has 1 aliphatic rings. The molecule has 0 aliphatic carbocycles. The third kappa shape index (κ3) is 2.38. The molecule has 1 aromatic carbocycles. The van der Waals surface area contributed by atoms with Crippen LogP contribution in [-0.4, -0.2) is 26.7 Å². The van der Waals surface area contributed by atoms with Gasteiger partial charge in [0.05, 0.1) is 0 Å². The van der Waals surface area contributed by atoms with E-state index in [9.17, 15) is 0 Å². The molecular weight excluding hydrogens is 239 g/mol. The van der Waals surface area contributed by atoms with E-state index in [-0.39, 0.29) is 0 Å². The minimum absolute atomic E-state index is 0.392. The van der Waals surface area contributed by atoms with Crippen LogP contribution in [0.25, 0.3) is 0 Å². The molecule has 1 aromatic rings. The summed E-state index contributed by atoms with van der Waals surface area (Å²) in [6.07, 6.45) is 2.48. The molecule has 14 heavy (non-hydrogen) atoms. The maximum absolute atomic E-state index is 9.06. The van der Waals surface area contributed by atoms with Gasteiger partial charge in [-0.1, -0.05) is 0 Å². The summed E-state index contributed by atoms with van der Waals surface area (Å²) in [5.74, 6) is 0.593. The summed E-state index contributed by atoms with van der Waals surface area (Å²) in [5.41, 5.74) is 1.50. The molecule has 1 heterocycles. The van der Waals surface area contributed by atoms with E-state index in [4.69, 9.17) is 5.11 Å². The normalized spacial score (nSPS) is 27.5. The van der Waals surface area contributed by atoms with Crippen LogP contribution in [0.5, 0.6) is 0 Å². The van der Waals surface area contributed by atoms with Crippen molar-refractivity contribution in [3.05, 3.63) is 35.9 Å². The van der Waals surface area contributed by atoms with Crippen molar-refractivity contribution in [2.45, 2.75) is 23.0 Å². The van der Waals surface area contributed by atoms with E-state index >= 15 is 0 Å². The molecule has 0 radical (unpaired) electrons. The third-order valence-electron chi connectivity index (χ3n) is 2.80. The van der Waals surface area contributed by atoms with Crippen molar-refractivity contribution in [1.29, 1.82) is 0 Å². The average molecular weight is 255 g/mol. The monoisotopic (exact) mass is 256 g/mol. The van der Waals surface area contributed by atoms with Crippen LogP contribution >= 0.6 is 0 Å². The van der Waals surface area contributed by atoms with Gasteiger partial charge in [0.2, 0.25) is 0 Å². The van der Waals surface area contributed by atoms with Crippen molar-refractivity contribution in [1.82, 2.24) is 0 Å². The standard InChI is InChI=1S/C12H16OSe/c13-8-10-6-7-12(14-9-10)11-4-2-1-3-5-11/h1-5,10,12-13H,6-9H2/t10-,12-/m1/s1. The molecule has 0 saturated carbocycles. The fraction of sp³-hybridized carbons (Fsp3) is 0.500. The molecule has 2 heteroatoms. The van der Waals surface area contributed by atoms with Crippen molar-refractivity contribution < 1.29 is 5.11 Å². The van der Waals surface area contributed by atoms with Crippen LogP contribution in [0.1, 0.15) is 23.2 Å². The molecule has 1 saturated heterocycles. The number of rotatable bonds is 2. The predicted molar refractivity (Wildman–Crippen MR) is 59.6 cm³/mol. The number of hydrogen-bond donors (Lipinski definition) is 1. The molecule has 2 atom stereocenters. The first-order valence-electron chi connectivity index (χ1n) is 5.17. The molecule has 76 valence electrons. The van der Waals surface area contributed by atoms with E-state index in [0.29, 0.717) is 27.5 Å². The van der Waals surface area contributed by atoms with Gasteiger partial charge in [0.1, 0.15) is 0 Å². The van der Waals surface area contributed by atoms with Gasteiger partial charge in [0, 0.05) is 0 Å². The fourth-order valence-corrected chi connectivity index (χ4v) is 4.88. The number of aliphatic hydroxyl groups excluding tert-OH is 1. The first-order valence-corrected chi connectivity index (χ1v) is 7.37. The van der Waals surface area contributed by atoms with E-state index in [1.165, 1.54) is 23.7 Å². The van der Waals surface area contributed by atoms with Crippen molar-refractivity contribution in [3.63, 3.8) is 0 Å². The van der Waals surface area contributed by atoms with Gasteiger partial charge in [-0.05, 0) is 0 Å². The predicted octanol–water partition coefficient (Wildman–Crippen LogP) is 2.25. The number of benzene rings is 1. The summed E-state index contributed by atoms with van der Waals surface area (Å²) in [4.78, 5) is 0.798. The second-order valence-corrected chi connectivity index (χ2v) is 6.45. The van der Waals surface area contributed by atoms with E-state index < -0.39 is 0 Å². The average Bonchev–Trinajstić information content (AvgIpc) is 2.30. The molecule has 0 unspecified atom stereocenters. The van der Waals surface area contributed by atoms with E-state index in [1.807, 2.05) is 0 Å². The van der Waals surface area contributed by atoms with Crippen molar-refractivity contribution in [3.8, 4) is 0 Å². The number of aliphatic hydroxyl groups is 1.